The minimum absolute atomic E-state index is 0.631. The molecule has 0 N–H and O–H groups in total. The van der Waals surface area contributed by atoms with Crippen LogP contribution in [0.4, 0.5) is 0 Å². The summed E-state index contributed by atoms with van der Waals surface area (Å²) in [4.78, 5) is 9.63. The second-order valence-electron chi connectivity index (χ2n) is 8.26. The average molecular weight is 516 g/mol. The summed E-state index contributed by atoms with van der Waals surface area (Å²) in [6.45, 7) is 2.05. The van der Waals surface area contributed by atoms with Crippen LogP contribution in [0.3, 0.4) is 0 Å². The zero-order valence-electron chi connectivity index (χ0n) is 19.1. The van der Waals surface area contributed by atoms with Gasteiger partial charge in [-0.05, 0) is 47.9 Å². The molecule has 0 spiro atoms. The number of fused-ring (bicyclic) bond motifs is 3. The van der Waals surface area contributed by atoms with Crippen molar-refractivity contribution in [3.05, 3.63) is 100 Å². The van der Waals surface area contributed by atoms with Crippen LogP contribution in [0.2, 0.25) is 0 Å². The zero-order valence-corrected chi connectivity index (χ0v) is 20.7. The summed E-state index contributed by atoms with van der Waals surface area (Å²) in [5, 5.41) is 1.10. The number of aryl methyl sites for hydroxylation is 1. The first-order valence-corrected chi connectivity index (χ1v) is 12.2. The van der Waals surface area contributed by atoms with E-state index >= 15 is 0 Å². The predicted molar refractivity (Wildman–Crippen MR) is 139 cm³/mol. The topological polar surface area (TPSA) is 49.2 Å². The maximum Gasteiger partial charge on any atom is 0.118 e. The number of benzene rings is 3. The molecule has 3 aromatic carbocycles. The number of pyridine rings is 1. The van der Waals surface area contributed by atoms with Crippen LogP contribution in [0.1, 0.15) is 23.4 Å². The van der Waals surface area contributed by atoms with Crippen molar-refractivity contribution in [3.63, 3.8) is 0 Å². The van der Waals surface area contributed by atoms with Gasteiger partial charge in [-0.15, -0.1) is 0 Å². The Morgan fingerprint density at radius 3 is 2.53 bits per heavy atom. The number of hydrogen-bond donors (Lipinski definition) is 0. The van der Waals surface area contributed by atoms with Crippen LogP contribution in [0, 0.1) is 0 Å². The molecule has 0 saturated carbocycles. The molecule has 172 valence electrons. The van der Waals surface area contributed by atoms with E-state index in [2.05, 4.69) is 67.9 Å². The van der Waals surface area contributed by atoms with Crippen LogP contribution >= 0.6 is 15.9 Å². The smallest absolute Gasteiger partial charge is 0.118 e. The van der Waals surface area contributed by atoms with Crippen molar-refractivity contribution in [3.8, 4) is 5.75 Å². The number of aromatic nitrogens is 3. The molecule has 0 unspecified atom stereocenters. The molecule has 2 aromatic heterocycles. The van der Waals surface area contributed by atoms with E-state index in [0.29, 0.717) is 13.2 Å². The number of halogens is 1. The van der Waals surface area contributed by atoms with E-state index in [1.807, 2.05) is 36.5 Å². The molecule has 2 heterocycles. The molecular formula is C28H26BrN3O2. The van der Waals surface area contributed by atoms with Gasteiger partial charge in [-0.25, -0.2) is 4.98 Å². The number of ether oxygens (including phenoxy) is 2. The van der Waals surface area contributed by atoms with Crippen LogP contribution in [-0.2, 0) is 24.3 Å². The molecule has 0 aliphatic carbocycles. The van der Waals surface area contributed by atoms with Gasteiger partial charge in [-0.1, -0.05) is 58.4 Å². The highest BCUT2D eigenvalue weighted by molar-refractivity contribution is 9.10. The van der Waals surface area contributed by atoms with Crippen molar-refractivity contribution >= 4 is 37.9 Å². The average Bonchev–Trinajstić information content (AvgIpc) is 3.22. The number of methoxy groups -OCH3 is 1. The molecule has 6 heteroatoms. The zero-order chi connectivity index (χ0) is 23.3. The monoisotopic (exact) mass is 515 g/mol. The summed E-state index contributed by atoms with van der Waals surface area (Å²) in [7, 11) is 1.69. The minimum Gasteiger partial charge on any atom is -0.497 e. The fraction of sp³-hybridized carbons (Fsp3) is 0.214. The lowest BCUT2D eigenvalue weighted by Crippen LogP contribution is -2.07. The summed E-state index contributed by atoms with van der Waals surface area (Å²) >= 11 is 3.57. The van der Waals surface area contributed by atoms with Crippen molar-refractivity contribution in [2.45, 2.75) is 26.0 Å². The van der Waals surface area contributed by atoms with Crippen molar-refractivity contribution in [2.24, 2.45) is 0 Å². The Morgan fingerprint density at radius 2 is 1.74 bits per heavy atom. The van der Waals surface area contributed by atoms with Crippen molar-refractivity contribution in [1.29, 1.82) is 0 Å². The van der Waals surface area contributed by atoms with E-state index in [1.54, 1.807) is 7.11 Å². The summed E-state index contributed by atoms with van der Waals surface area (Å²) in [5.41, 5.74) is 5.38. The third kappa shape index (κ3) is 4.98. The quantitative estimate of drug-likeness (QED) is 0.209. The number of nitrogens with zero attached hydrogens (tertiary/aromatic N) is 3. The van der Waals surface area contributed by atoms with Gasteiger partial charge in [0.05, 0.1) is 30.9 Å². The number of imidazole rings is 1. The normalized spacial score (nSPS) is 11.4. The summed E-state index contributed by atoms with van der Waals surface area (Å²) in [5.74, 6) is 1.90. The Labute approximate surface area is 207 Å². The van der Waals surface area contributed by atoms with Gasteiger partial charge in [0, 0.05) is 29.4 Å². The van der Waals surface area contributed by atoms with Crippen LogP contribution in [0.5, 0.6) is 5.75 Å². The Morgan fingerprint density at radius 1 is 0.912 bits per heavy atom. The van der Waals surface area contributed by atoms with Crippen LogP contribution in [-0.4, -0.2) is 28.3 Å². The van der Waals surface area contributed by atoms with Gasteiger partial charge in [0.2, 0.25) is 0 Å². The second-order valence-corrected chi connectivity index (χ2v) is 9.17. The van der Waals surface area contributed by atoms with E-state index in [-0.39, 0.29) is 0 Å². The van der Waals surface area contributed by atoms with Gasteiger partial charge in [0.25, 0.3) is 0 Å². The molecule has 0 aliphatic heterocycles. The highest BCUT2D eigenvalue weighted by Gasteiger charge is 2.15. The molecule has 0 aliphatic rings. The lowest BCUT2D eigenvalue weighted by atomic mass is 10.1. The maximum atomic E-state index is 5.91. The SMILES string of the molecule is COc1ccc(Cn2c(CCCOCc3ccccc3)nc3cnc4cc(Br)ccc4c32)cc1. The largest absolute Gasteiger partial charge is 0.497 e. The Balaban J connectivity index is 1.42. The fourth-order valence-electron chi connectivity index (χ4n) is 4.21. The Bertz CT molecular complexity index is 1400. The Hall–Kier alpha value is -3.22. The molecule has 5 nitrogen and oxygen atoms in total. The van der Waals surface area contributed by atoms with Crippen LogP contribution < -0.4 is 4.74 Å². The summed E-state index contributed by atoms with van der Waals surface area (Å²) in [6, 6.07) is 24.7. The van der Waals surface area contributed by atoms with E-state index < -0.39 is 0 Å². The molecule has 0 atom stereocenters. The molecule has 0 radical (unpaired) electrons. The van der Waals surface area contributed by atoms with E-state index in [1.165, 1.54) is 11.1 Å². The number of rotatable bonds is 9. The summed E-state index contributed by atoms with van der Waals surface area (Å²) < 4.78 is 14.6. The third-order valence-corrected chi connectivity index (χ3v) is 6.41. The van der Waals surface area contributed by atoms with E-state index in [0.717, 1.165) is 57.4 Å². The minimum atomic E-state index is 0.631. The van der Waals surface area contributed by atoms with Crippen molar-refractivity contribution < 1.29 is 9.47 Å². The first-order valence-electron chi connectivity index (χ1n) is 11.4. The van der Waals surface area contributed by atoms with Gasteiger partial charge in [-0.3, -0.25) is 4.98 Å². The molecule has 0 amide bonds. The van der Waals surface area contributed by atoms with E-state index in [9.17, 15) is 0 Å². The van der Waals surface area contributed by atoms with Gasteiger partial charge in [-0.2, -0.15) is 0 Å². The third-order valence-electron chi connectivity index (χ3n) is 5.91. The maximum absolute atomic E-state index is 5.91. The molecule has 0 fully saturated rings. The Kier molecular flexibility index (Phi) is 6.88. The molecule has 0 bridgehead atoms. The summed E-state index contributed by atoms with van der Waals surface area (Å²) in [6.07, 6.45) is 3.61. The van der Waals surface area contributed by atoms with Gasteiger partial charge < -0.3 is 14.0 Å². The lowest BCUT2D eigenvalue weighted by Gasteiger charge is -2.12. The molecule has 0 saturated heterocycles. The van der Waals surface area contributed by atoms with Crippen molar-refractivity contribution in [1.82, 2.24) is 14.5 Å². The molecule has 5 rings (SSSR count). The van der Waals surface area contributed by atoms with Gasteiger partial charge >= 0.3 is 0 Å². The highest BCUT2D eigenvalue weighted by atomic mass is 79.9. The van der Waals surface area contributed by atoms with Crippen molar-refractivity contribution in [2.75, 3.05) is 13.7 Å². The van der Waals surface area contributed by atoms with Gasteiger partial charge in [0.15, 0.2) is 0 Å². The number of hydrogen-bond acceptors (Lipinski definition) is 4. The highest BCUT2D eigenvalue weighted by Crippen LogP contribution is 2.28. The first-order chi connectivity index (χ1) is 16.7. The van der Waals surface area contributed by atoms with Gasteiger partial charge in [0.1, 0.15) is 17.1 Å². The second kappa shape index (κ2) is 10.4. The fourth-order valence-corrected chi connectivity index (χ4v) is 4.56. The molecule has 34 heavy (non-hydrogen) atoms. The molecular weight excluding hydrogens is 490 g/mol. The molecule has 5 aromatic rings. The van der Waals surface area contributed by atoms with E-state index in [4.69, 9.17) is 14.5 Å². The predicted octanol–water partition coefficient (Wildman–Crippen LogP) is 6.55. The first kappa shape index (κ1) is 22.6. The standard InChI is InChI=1S/C28H26BrN3O2/c1-33-23-12-9-20(10-13-23)18-32-27(8-5-15-34-19-21-6-3-2-4-7-21)31-26-17-30-25-16-22(29)11-14-24(25)28(26)32/h2-4,6-7,9-14,16-17H,5,8,15,18-19H2,1H3. The van der Waals surface area contributed by atoms with Crippen LogP contribution in [0.15, 0.2) is 83.5 Å². The van der Waals surface area contributed by atoms with Crippen LogP contribution in [0.25, 0.3) is 21.9 Å². The lowest BCUT2D eigenvalue weighted by molar-refractivity contribution is 0.118.